The Morgan fingerprint density at radius 1 is 1.00 bits per heavy atom. The van der Waals surface area contributed by atoms with E-state index >= 15 is 0 Å². The Labute approximate surface area is 146 Å². The molecule has 0 spiro atoms. The van der Waals surface area contributed by atoms with E-state index in [4.69, 9.17) is 0 Å². The minimum Gasteiger partial charge on any atom is -0.321 e. The summed E-state index contributed by atoms with van der Waals surface area (Å²) in [7, 11) is 1.47. The molecule has 0 fully saturated rings. The highest BCUT2D eigenvalue weighted by molar-refractivity contribution is 6.22. The van der Waals surface area contributed by atoms with Crippen molar-refractivity contribution in [1.82, 2.24) is 15.1 Å². The Bertz CT molecular complexity index is 1180. The lowest BCUT2D eigenvalue weighted by Gasteiger charge is -2.09. The van der Waals surface area contributed by atoms with Crippen molar-refractivity contribution in [3.63, 3.8) is 0 Å². The van der Waals surface area contributed by atoms with Gasteiger partial charge in [-0.05, 0) is 24.3 Å². The smallest absolute Gasteiger partial charge is 0.276 e. The Morgan fingerprint density at radius 3 is 2.46 bits per heavy atom. The molecule has 2 heterocycles. The van der Waals surface area contributed by atoms with E-state index in [-0.39, 0.29) is 22.4 Å². The number of rotatable bonds is 2. The predicted octanol–water partition coefficient (Wildman–Crippen LogP) is 1.07. The summed E-state index contributed by atoms with van der Waals surface area (Å²) < 4.78 is 1.10. The van der Waals surface area contributed by atoms with Gasteiger partial charge in [-0.25, -0.2) is 4.68 Å². The maximum atomic E-state index is 12.7. The zero-order valence-corrected chi connectivity index (χ0v) is 13.6. The van der Waals surface area contributed by atoms with Crippen LogP contribution in [-0.4, -0.2) is 27.5 Å². The largest absolute Gasteiger partial charge is 0.321 e. The molecule has 26 heavy (non-hydrogen) atoms. The first kappa shape index (κ1) is 15.7. The average molecular weight is 348 g/mol. The number of benzene rings is 2. The van der Waals surface area contributed by atoms with Crippen LogP contribution in [0.5, 0.6) is 0 Å². The lowest BCUT2D eigenvalue weighted by Crippen LogP contribution is -2.25. The summed E-state index contributed by atoms with van der Waals surface area (Å²) in [6.07, 6.45) is 0. The first-order chi connectivity index (χ1) is 12.5. The van der Waals surface area contributed by atoms with Crippen molar-refractivity contribution in [1.29, 1.82) is 0 Å². The van der Waals surface area contributed by atoms with Crippen LogP contribution >= 0.6 is 0 Å². The number of hydrogen-bond donors (Lipinski definition) is 2. The van der Waals surface area contributed by atoms with Gasteiger partial charge in [0.1, 0.15) is 0 Å². The molecule has 128 valence electrons. The molecule has 3 amide bonds. The van der Waals surface area contributed by atoms with E-state index in [1.807, 2.05) is 0 Å². The van der Waals surface area contributed by atoms with E-state index in [1.165, 1.54) is 25.2 Å². The SMILES string of the molecule is Cn1nc(C(=O)Nc2ccc3c(c2)C(=O)NC3=O)c2ccccc2c1=O. The van der Waals surface area contributed by atoms with Gasteiger partial charge in [-0.1, -0.05) is 18.2 Å². The van der Waals surface area contributed by atoms with Crippen molar-refractivity contribution in [2.75, 3.05) is 5.32 Å². The number of carbonyl (C=O) groups excluding carboxylic acids is 3. The molecule has 0 bridgehead atoms. The zero-order chi connectivity index (χ0) is 18.4. The molecule has 0 unspecified atom stereocenters. The quantitative estimate of drug-likeness (QED) is 0.673. The molecule has 1 aliphatic heterocycles. The number of nitrogens with zero attached hydrogens (tertiary/aromatic N) is 2. The summed E-state index contributed by atoms with van der Waals surface area (Å²) in [6, 6.07) is 11.1. The highest BCUT2D eigenvalue weighted by Crippen LogP contribution is 2.21. The molecule has 0 radical (unpaired) electrons. The van der Waals surface area contributed by atoms with Gasteiger partial charge in [0.05, 0.1) is 16.5 Å². The molecule has 4 rings (SSSR count). The van der Waals surface area contributed by atoms with Crippen molar-refractivity contribution in [3.8, 4) is 0 Å². The monoisotopic (exact) mass is 348 g/mol. The highest BCUT2D eigenvalue weighted by Gasteiger charge is 2.27. The normalized spacial score (nSPS) is 12.8. The molecule has 8 heteroatoms. The maximum absolute atomic E-state index is 12.7. The summed E-state index contributed by atoms with van der Waals surface area (Å²) >= 11 is 0. The lowest BCUT2D eigenvalue weighted by atomic mass is 10.1. The van der Waals surface area contributed by atoms with Crippen LogP contribution < -0.4 is 16.2 Å². The van der Waals surface area contributed by atoms with Crippen molar-refractivity contribution in [3.05, 3.63) is 69.6 Å². The van der Waals surface area contributed by atoms with Gasteiger partial charge in [0.2, 0.25) is 0 Å². The fraction of sp³-hybridized carbons (Fsp3) is 0.0556. The van der Waals surface area contributed by atoms with Gasteiger partial charge >= 0.3 is 0 Å². The van der Waals surface area contributed by atoms with Crippen molar-refractivity contribution in [2.45, 2.75) is 0 Å². The number of hydrogen-bond acceptors (Lipinski definition) is 5. The van der Waals surface area contributed by atoms with Crippen LogP contribution in [0.3, 0.4) is 0 Å². The predicted molar refractivity (Wildman–Crippen MR) is 93.2 cm³/mol. The molecule has 1 aliphatic rings. The van der Waals surface area contributed by atoms with Gasteiger partial charge in [0.25, 0.3) is 23.3 Å². The maximum Gasteiger partial charge on any atom is 0.276 e. The van der Waals surface area contributed by atoms with Crippen LogP contribution in [0.1, 0.15) is 31.2 Å². The second-order valence-electron chi connectivity index (χ2n) is 5.82. The Hall–Kier alpha value is -3.81. The molecular weight excluding hydrogens is 336 g/mol. The minimum absolute atomic E-state index is 0.0868. The van der Waals surface area contributed by atoms with Gasteiger partial charge in [-0.2, -0.15) is 5.10 Å². The first-order valence-corrected chi connectivity index (χ1v) is 7.73. The second-order valence-corrected chi connectivity index (χ2v) is 5.82. The van der Waals surface area contributed by atoms with Crippen LogP contribution in [0.4, 0.5) is 5.69 Å². The summed E-state index contributed by atoms with van der Waals surface area (Å²) in [6.45, 7) is 0. The summed E-state index contributed by atoms with van der Waals surface area (Å²) in [5.74, 6) is -1.50. The first-order valence-electron chi connectivity index (χ1n) is 7.73. The molecule has 2 N–H and O–H groups in total. The van der Waals surface area contributed by atoms with Gasteiger partial charge < -0.3 is 5.32 Å². The van der Waals surface area contributed by atoms with Gasteiger partial charge in [-0.3, -0.25) is 24.5 Å². The molecule has 0 atom stereocenters. The van der Waals surface area contributed by atoms with Crippen LogP contribution in [0.2, 0.25) is 0 Å². The number of aryl methyl sites for hydroxylation is 1. The van der Waals surface area contributed by atoms with Crippen LogP contribution in [-0.2, 0) is 7.05 Å². The van der Waals surface area contributed by atoms with E-state index in [2.05, 4.69) is 15.7 Å². The Morgan fingerprint density at radius 2 is 1.69 bits per heavy atom. The standard InChI is InChI=1S/C18H12N4O4/c1-22-18(26)12-5-3-2-4-10(12)14(21-22)17(25)19-9-6-7-11-13(8-9)16(24)20-15(11)23/h2-8H,1H3,(H,19,25)(H,20,23,24). The summed E-state index contributed by atoms with van der Waals surface area (Å²) in [5.41, 5.74) is 0.594. The van der Waals surface area contributed by atoms with E-state index in [1.54, 1.807) is 24.3 Å². The molecular formula is C18H12N4O4. The number of anilines is 1. The van der Waals surface area contributed by atoms with E-state index in [0.29, 0.717) is 16.5 Å². The van der Waals surface area contributed by atoms with Gasteiger partial charge in [0, 0.05) is 18.1 Å². The number of aromatic nitrogens is 2. The summed E-state index contributed by atoms with van der Waals surface area (Å²) in [5, 5.41) is 9.72. The number of nitrogens with one attached hydrogen (secondary N) is 2. The number of amides is 3. The Balaban J connectivity index is 1.74. The van der Waals surface area contributed by atoms with Crippen LogP contribution in [0.15, 0.2) is 47.3 Å². The van der Waals surface area contributed by atoms with Crippen LogP contribution in [0.25, 0.3) is 10.8 Å². The number of imide groups is 1. The molecule has 3 aromatic rings. The molecule has 0 saturated heterocycles. The average Bonchev–Trinajstić information content (AvgIpc) is 2.92. The second kappa shape index (κ2) is 5.62. The number of carbonyl (C=O) groups is 3. The molecule has 1 aromatic heterocycles. The van der Waals surface area contributed by atoms with E-state index in [9.17, 15) is 19.2 Å². The highest BCUT2D eigenvalue weighted by atomic mass is 16.2. The van der Waals surface area contributed by atoms with Crippen LogP contribution in [0, 0.1) is 0 Å². The zero-order valence-electron chi connectivity index (χ0n) is 13.6. The molecule has 8 nitrogen and oxygen atoms in total. The third-order valence-corrected chi connectivity index (χ3v) is 4.17. The van der Waals surface area contributed by atoms with E-state index < -0.39 is 17.7 Å². The summed E-state index contributed by atoms with van der Waals surface area (Å²) in [4.78, 5) is 48.2. The minimum atomic E-state index is -0.526. The molecule has 0 aliphatic carbocycles. The molecule has 0 saturated carbocycles. The Kier molecular flexibility index (Phi) is 3.40. The lowest BCUT2D eigenvalue weighted by molar-refractivity contribution is 0.0878. The van der Waals surface area contributed by atoms with Gasteiger partial charge in [-0.15, -0.1) is 0 Å². The molecule has 2 aromatic carbocycles. The third-order valence-electron chi connectivity index (χ3n) is 4.17. The third kappa shape index (κ3) is 2.35. The number of fused-ring (bicyclic) bond motifs is 2. The van der Waals surface area contributed by atoms with Crippen molar-refractivity contribution >= 4 is 34.2 Å². The van der Waals surface area contributed by atoms with Crippen molar-refractivity contribution < 1.29 is 14.4 Å². The fourth-order valence-electron chi connectivity index (χ4n) is 2.90. The van der Waals surface area contributed by atoms with E-state index in [0.717, 1.165) is 4.68 Å². The van der Waals surface area contributed by atoms with Crippen molar-refractivity contribution in [2.24, 2.45) is 7.05 Å². The topological polar surface area (TPSA) is 110 Å². The van der Waals surface area contributed by atoms with Gasteiger partial charge in [0.15, 0.2) is 5.69 Å². The fourth-order valence-corrected chi connectivity index (χ4v) is 2.90.